The van der Waals surface area contributed by atoms with Gasteiger partial charge in [-0.25, -0.2) is 0 Å². The third kappa shape index (κ3) is 2.55. The molecule has 1 saturated carbocycles. The van der Waals surface area contributed by atoms with Crippen molar-refractivity contribution < 1.29 is 0 Å². The second kappa shape index (κ2) is 3.91. The first-order valence-corrected chi connectivity index (χ1v) is 4.99. The molecule has 1 nitrogen and oxygen atoms in total. The van der Waals surface area contributed by atoms with E-state index in [9.17, 15) is 0 Å². The van der Waals surface area contributed by atoms with Gasteiger partial charge in [0, 0.05) is 17.3 Å². The fourth-order valence-electron chi connectivity index (χ4n) is 1.17. The van der Waals surface area contributed by atoms with E-state index in [-0.39, 0.29) is 0 Å². The van der Waals surface area contributed by atoms with E-state index in [0.717, 1.165) is 6.42 Å². The molecule has 0 atom stereocenters. The summed E-state index contributed by atoms with van der Waals surface area (Å²) in [6.45, 7) is 10.3. The smallest absolute Gasteiger partial charge is 0.0299 e. The number of rotatable bonds is 4. The van der Waals surface area contributed by atoms with Gasteiger partial charge < -0.3 is 0 Å². The van der Waals surface area contributed by atoms with Crippen molar-refractivity contribution in [1.82, 2.24) is 0 Å². The molecule has 0 spiro atoms. The molecular formula is C12H19N. The Morgan fingerprint density at radius 1 is 1.54 bits per heavy atom. The highest BCUT2D eigenvalue weighted by atomic mass is 14.7. The van der Waals surface area contributed by atoms with Gasteiger partial charge in [-0.3, -0.25) is 4.99 Å². The van der Waals surface area contributed by atoms with Gasteiger partial charge in [0.05, 0.1) is 0 Å². The summed E-state index contributed by atoms with van der Waals surface area (Å²) in [7, 11) is 0. The number of hydrogen-bond donors (Lipinski definition) is 0. The monoisotopic (exact) mass is 177 g/mol. The van der Waals surface area contributed by atoms with Gasteiger partial charge in [-0.05, 0) is 31.8 Å². The van der Waals surface area contributed by atoms with Gasteiger partial charge in [0.15, 0.2) is 0 Å². The van der Waals surface area contributed by atoms with Crippen LogP contribution < -0.4 is 0 Å². The Bertz CT molecular complexity index is 254. The summed E-state index contributed by atoms with van der Waals surface area (Å²) in [5.74, 6) is 0. The van der Waals surface area contributed by atoms with E-state index in [0.29, 0.717) is 5.41 Å². The van der Waals surface area contributed by atoms with Crippen LogP contribution in [0.5, 0.6) is 0 Å². The molecule has 0 unspecified atom stereocenters. The molecule has 0 aromatic rings. The van der Waals surface area contributed by atoms with Gasteiger partial charge in [0.2, 0.25) is 0 Å². The maximum absolute atomic E-state index is 4.48. The average molecular weight is 177 g/mol. The highest BCUT2D eigenvalue weighted by Gasteiger charge is 2.39. The molecule has 1 fully saturated rings. The zero-order chi connectivity index (χ0) is 9.90. The zero-order valence-electron chi connectivity index (χ0n) is 8.93. The Morgan fingerprint density at radius 3 is 2.54 bits per heavy atom. The molecule has 0 aromatic heterocycles. The van der Waals surface area contributed by atoms with Gasteiger partial charge in [-0.1, -0.05) is 26.5 Å². The maximum atomic E-state index is 4.48. The second-order valence-electron chi connectivity index (χ2n) is 4.04. The molecular weight excluding hydrogens is 158 g/mol. The minimum Gasteiger partial charge on any atom is -0.265 e. The molecule has 1 rings (SSSR count). The van der Waals surface area contributed by atoms with Gasteiger partial charge in [-0.15, -0.1) is 0 Å². The molecule has 13 heavy (non-hydrogen) atoms. The Kier molecular flexibility index (Phi) is 3.07. The summed E-state index contributed by atoms with van der Waals surface area (Å²) in [5, 5.41) is 0. The average Bonchev–Trinajstić information content (AvgIpc) is 2.86. The van der Waals surface area contributed by atoms with Crippen LogP contribution in [-0.4, -0.2) is 5.71 Å². The van der Waals surface area contributed by atoms with Crippen molar-refractivity contribution in [3.8, 4) is 0 Å². The van der Waals surface area contributed by atoms with Gasteiger partial charge in [0.1, 0.15) is 0 Å². The van der Waals surface area contributed by atoms with Crippen molar-refractivity contribution in [2.24, 2.45) is 10.4 Å². The summed E-state index contributed by atoms with van der Waals surface area (Å²) in [5.41, 5.74) is 2.89. The van der Waals surface area contributed by atoms with Gasteiger partial charge in [0.25, 0.3) is 0 Å². The fourth-order valence-corrected chi connectivity index (χ4v) is 1.17. The summed E-state index contributed by atoms with van der Waals surface area (Å²) < 4.78 is 0. The highest BCUT2D eigenvalue weighted by Crippen LogP contribution is 2.46. The van der Waals surface area contributed by atoms with Crippen LogP contribution in [0.2, 0.25) is 0 Å². The van der Waals surface area contributed by atoms with Crippen molar-refractivity contribution >= 4 is 5.71 Å². The first kappa shape index (κ1) is 10.2. The molecule has 0 bridgehead atoms. The van der Waals surface area contributed by atoms with Crippen LogP contribution in [0.25, 0.3) is 0 Å². The molecule has 72 valence electrons. The maximum Gasteiger partial charge on any atom is 0.0299 e. The lowest BCUT2D eigenvalue weighted by molar-refractivity contribution is 0.797. The first-order valence-electron chi connectivity index (χ1n) is 4.99. The molecule has 0 radical (unpaired) electrons. The molecule has 0 aliphatic heterocycles. The SMILES string of the molecule is C=C/C(=C\N=C(C)C1(C)CC1)CC. The number of hydrogen-bond acceptors (Lipinski definition) is 1. The predicted molar refractivity (Wildman–Crippen MR) is 59.0 cm³/mol. The van der Waals surface area contributed by atoms with Crippen LogP contribution in [0.1, 0.15) is 40.0 Å². The van der Waals surface area contributed by atoms with E-state index in [1.54, 1.807) is 0 Å². The number of nitrogens with zero attached hydrogens (tertiary/aromatic N) is 1. The van der Waals surface area contributed by atoms with Crippen molar-refractivity contribution in [2.75, 3.05) is 0 Å². The predicted octanol–water partition coefficient (Wildman–Crippen LogP) is 3.73. The molecule has 0 saturated heterocycles. The molecule has 1 aliphatic rings. The molecule has 1 heteroatoms. The van der Waals surface area contributed by atoms with Gasteiger partial charge in [-0.2, -0.15) is 0 Å². The van der Waals surface area contributed by atoms with E-state index >= 15 is 0 Å². The first-order chi connectivity index (χ1) is 6.12. The Balaban J connectivity index is 2.65. The molecule has 0 heterocycles. The van der Waals surface area contributed by atoms with E-state index in [4.69, 9.17) is 0 Å². The van der Waals surface area contributed by atoms with Crippen molar-refractivity contribution in [3.63, 3.8) is 0 Å². The minimum absolute atomic E-state index is 0.413. The molecule has 1 aliphatic carbocycles. The van der Waals surface area contributed by atoms with E-state index < -0.39 is 0 Å². The minimum atomic E-state index is 0.413. The van der Waals surface area contributed by atoms with Crippen LogP contribution in [0.4, 0.5) is 0 Å². The van der Waals surface area contributed by atoms with Crippen molar-refractivity contribution in [3.05, 3.63) is 24.4 Å². The lowest BCUT2D eigenvalue weighted by Crippen LogP contribution is -2.05. The Morgan fingerprint density at radius 2 is 2.15 bits per heavy atom. The summed E-state index contributed by atoms with van der Waals surface area (Å²) >= 11 is 0. The summed E-state index contributed by atoms with van der Waals surface area (Å²) in [4.78, 5) is 4.48. The number of allylic oxidation sites excluding steroid dienone is 2. The zero-order valence-corrected chi connectivity index (χ0v) is 8.93. The Hall–Kier alpha value is -0.850. The number of aliphatic imine (C=N–C) groups is 1. The van der Waals surface area contributed by atoms with Crippen LogP contribution in [0.3, 0.4) is 0 Å². The largest absolute Gasteiger partial charge is 0.265 e. The quantitative estimate of drug-likeness (QED) is 0.458. The third-order valence-corrected chi connectivity index (χ3v) is 2.97. The van der Waals surface area contributed by atoms with Crippen LogP contribution >= 0.6 is 0 Å². The Labute approximate surface area is 81.3 Å². The molecule has 0 aromatic carbocycles. The van der Waals surface area contributed by atoms with E-state index in [1.807, 2.05) is 12.3 Å². The van der Waals surface area contributed by atoms with Crippen LogP contribution in [-0.2, 0) is 0 Å². The summed E-state index contributed by atoms with van der Waals surface area (Å²) in [6, 6.07) is 0. The van der Waals surface area contributed by atoms with Crippen molar-refractivity contribution in [1.29, 1.82) is 0 Å². The topological polar surface area (TPSA) is 12.4 Å². The molecule has 0 N–H and O–H groups in total. The third-order valence-electron chi connectivity index (χ3n) is 2.97. The van der Waals surface area contributed by atoms with E-state index in [1.165, 1.54) is 24.1 Å². The lowest BCUT2D eigenvalue weighted by atomic mass is 10.1. The molecule has 0 amide bonds. The van der Waals surface area contributed by atoms with Gasteiger partial charge >= 0.3 is 0 Å². The standard InChI is InChI=1S/C12H19N/c1-5-11(6-2)9-13-10(3)12(4)7-8-12/h5,9H,1,6-8H2,2-4H3/b11-9+,13-10?. The summed E-state index contributed by atoms with van der Waals surface area (Å²) in [6.07, 6.45) is 7.44. The second-order valence-corrected chi connectivity index (χ2v) is 4.04. The highest BCUT2D eigenvalue weighted by molar-refractivity contribution is 5.90. The fraction of sp³-hybridized carbons (Fsp3) is 0.583. The van der Waals surface area contributed by atoms with Crippen LogP contribution in [0, 0.1) is 5.41 Å². The van der Waals surface area contributed by atoms with E-state index in [2.05, 4.69) is 32.3 Å². The van der Waals surface area contributed by atoms with Crippen LogP contribution in [0.15, 0.2) is 29.4 Å². The normalized spacial score (nSPS) is 21.5. The lowest BCUT2D eigenvalue weighted by Gasteiger charge is -2.05. The van der Waals surface area contributed by atoms with Crippen molar-refractivity contribution in [2.45, 2.75) is 40.0 Å².